The predicted molar refractivity (Wildman–Crippen MR) is 127 cm³/mol. The predicted octanol–water partition coefficient (Wildman–Crippen LogP) is 3.78. The molecule has 2 heterocycles. The van der Waals surface area contributed by atoms with E-state index in [1.54, 1.807) is 36.4 Å². The van der Waals surface area contributed by atoms with E-state index < -0.39 is 17.6 Å². The Labute approximate surface area is 199 Å². The van der Waals surface area contributed by atoms with Crippen LogP contribution in [0, 0.1) is 6.92 Å². The van der Waals surface area contributed by atoms with Crippen LogP contribution >= 0.6 is 0 Å². The van der Waals surface area contributed by atoms with Crippen molar-refractivity contribution in [3.63, 3.8) is 0 Å². The van der Waals surface area contributed by atoms with Gasteiger partial charge < -0.3 is 18.9 Å². The molecule has 1 atom stereocenters. The maximum absolute atomic E-state index is 13.0. The van der Waals surface area contributed by atoms with Gasteiger partial charge in [0.05, 0.1) is 18.9 Å². The number of para-hydroxylation sites is 1. The summed E-state index contributed by atoms with van der Waals surface area (Å²) in [4.78, 5) is 25.7. The highest BCUT2D eigenvalue weighted by Crippen LogP contribution is 2.35. The fraction of sp³-hybridized carbons (Fsp3) is 0.385. The number of nitrogens with one attached hydrogen (secondary N) is 1. The van der Waals surface area contributed by atoms with Crippen LogP contribution in [0.5, 0.6) is 11.5 Å². The third-order valence-corrected chi connectivity index (χ3v) is 5.53. The van der Waals surface area contributed by atoms with Gasteiger partial charge in [-0.1, -0.05) is 25.1 Å². The zero-order chi connectivity index (χ0) is 24.3. The summed E-state index contributed by atoms with van der Waals surface area (Å²) >= 11 is 0. The zero-order valence-electron chi connectivity index (χ0n) is 19.9. The van der Waals surface area contributed by atoms with E-state index >= 15 is 0 Å². The van der Waals surface area contributed by atoms with Crippen LogP contribution in [-0.2, 0) is 19.1 Å². The molecule has 2 saturated heterocycles. The molecule has 180 valence electrons. The van der Waals surface area contributed by atoms with Crippen LogP contribution in [0.1, 0.15) is 38.3 Å². The van der Waals surface area contributed by atoms with Gasteiger partial charge in [-0.2, -0.15) is 0 Å². The van der Waals surface area contributed by atoms with E-state index in [0.717, 1.165) is 12.0 Å². The van der Waals surface area contributed by atoms with Gasteiger partial charge in [-0.25, -0.2) is 5.01 Å². The van der Waals surface area contributed by atoms with Crippen molar-refractivity contribution < 1.29 is 28.5 Å². The van der Waals surface area contributed by atoms with E-state index in [0.29, 0.717) is 36.0 Å². The first kappa shape index (κ1) is 23.8. The topological polar surface area (TPSA) is 86.3 Å². The summed E-state index contributed by atoms with van der Waals surface area (Å²) in [7, 11) is 0. The van der Waals surface area contributed by atoms with E-state index in [4.69, 9.17) is 18.9 Å². The first-order chi connectivity index (χ1) is 16.3. The van der Waals surface area contributed by atoms with E-state index in [1.165, 1.54) is 5.01 Å². The largest absolute Gasteiger partial charge is 0.493 e. The van der Waals surface area contributed by atoms with Crippen LogP contribution in [0.2, 0.25) is 0 Å². The third kappa shape index (κ3) is 5.08. The molecule has 0 aromatic heterocycles. The Morgan fingerprint density at radius 1 is 1.15 bits per heavy atom. The Kier molecular flexibility index (Phi) is 6.90. The van der Waals surface area contributed by atoms with Crippen LogP contribution in [0.4, 0.5) is 5.69 Å². The van der Waals surface area contributed by atoms with Crippen LogP contribution in [0.25, 0.3) is 6.08 Å². The number of amides is 2. The van der Waals surface area contributed by atoms with E-state index in [9.17, 15) is 9.59 Å². The van der Waals surface area contributed by atoms with E-state index in [1.807, 2.05) is 39.8 Å². The van der Waals surface area contributed by atoms with Crippen molar-refractivity contribution in [2.75, 3.05) is 24.8 Å². The molecule has 0 spiro atoms. The number of carbonyl (C=O) groups excluding carboxylic acids is 2. The minimum atomic E-state index is -0.658. The summed E-state index contributed by atoms with van der Waals surface area (Å²) < 4.78 is 23.5. The second-order valence-electron chi connectivity index (χ2n) is 8.69. The van der Waals surface area contributed by atoms with Crippen molar-refractivity contribution in [1.82, 2.24) is 5.43 Å². The maximum atomic E-state index is 13.0. The molecule has 1 N–H and O–H groups in total. The Morgan fingerprint density at radius 2 is 1.91 bits per heavy atom. The fourth-order valence-electron chi connectivity index (χ4n) is 3.86. The molecule has 34 heavy (non-hydrogen) atoms. The lowest BCUT2D eigenvalue weighted by Crippen LogP contribution is -2.35. The van der Waals surface area contributed by atoms with E-state index in [-0.39, 0.29) is 18.3 Å². The fourth-order valence-corrected chi connectivity index (χ4v) is 3.86. The zero-order valence-corrected chi connectivity index (χ0v) is 19.9. The summed E-state index contributed by atoms with van der Waals surface area (Å²) in [5.41, 5.74) is 4.62. The quantitative estimate of drug-likeness (QED) is 0.471. The van der Waals surface area contributed by atoms with Crippen LogP contribution in [0.3, 0.4) is 0 Å². The molecule has 4 rings (SSSR count). The Morgan fingerprint density at radius 3 is 2.59 bits per heavy atom. The molecule has 2 aliphatic rings. The maximum Gasteiger partial charge on any atom is 0.282 e. The number of hydrogen-bond acceptors (Lipinski definition) is 6. The highest BCUT2D eigenvalue weighted by Gasteiger charge is 2.35. The molecular formula is C26H30N2O6. The van der Waals surface area contributed by atoms with Gasteiger partial charge in [0.15, 0.2) is 5.79 Å². The molecule has 0 unspecified atom stereocenters. The first-order valence-corrected chi connectivity index (χ1v) is 11.4. The number of hydrazine groups is 1. The number of carbonyl (C=O) groups is 2. The molecule has 8 nitrogen and oxygen atoms in total. The highest BCUT2D eigenvalue weighted by molar-refractivity contribution is 6.31. The van der Waals surface area contributed by atoms with Gasteiger partial charge in [-0.05, 0) is 57.5 Å². The number of hydrogen-bond donors (Lipinski definition) is 1. The Bertz CT molecular complexity index is 1100. The third-order valence-electron chi connectivity index (χ3n) is 5.53. The molecule has 2 amide bonds. The van der Waals surface area contributed by atoms with Crippen molar-refractivity contribution in [2.45, 2.75) is 46.0 Å². The lowest BCUT2D eigenvalue weighted by molar-refractivity contribution is -0.141. The minimum Gasteiger partial charge on any atom is -0.493 e. The molecule has 2 aliphatic heterocycles. The second kappa shape index (κ2) is 9.87. The summed E-state index contributed by atoms with van der Waals surface area (Å²) in [5.74, 6) is -0.336. The van der Waals surface area contributed by atoms with Crippen molar-refractivity contribution in [2.24, 2.45) is 0 Å². The lowest BCUT2D eigenvalue weighted by Gasteiger charge is -2.19. The molecule has 0 aliphatic carbocycles. The summed E-state index contributed by atoms with van der Waals surface area (Å²) in [5, 5.41) is 1.24. The molecular weight excluding hydrogens is 436 g/mol. The SMILES string of the molecule is CCCOc1ccc(C=C2C(=O)NN(c3ccccc3)C2=O)c(OC[C@H]2COC(C)(C)O2)c1C. The molecule has 2 aromatic carbocycles. The normalized spacial score (nSPS) is 20.6. The van der Waals surface area contributed by atoms with Gasteiger partial charge in [-0.15, -0.1) is 0 Å². The monoisotopic (exact) mass is 466 g/mol. The van der Waals surface area contributed by atoms with Crippen LogP contribution in [-0.4, -0.2) is 43.5 Å². The smallest absolute Gasteiger partial charge is 0.282 e. The second-order valence-corrected chi connectivity index (χ2v) is 8.69. The van der Waals surface area contributed by atoms with Gasteiger partial charge >= 0.3 is 0 Å². The van der Waals surface area contributed by atoms with Crippen molar-refractivity contribution in [1.29, 1.82) is 0 Å². The lowest BCUT2D eigenvalue weighted by atomic mass is 10.0. The average molecular weight is 467 g/mol. The van der Waals surface area contributed by atoms with Crippen molar-refractivity contribution in [3.8, 4) is 11.5 Å². The molecule has 2 fully saturated rings. The Hall–Kier alpha value is -3.36. The molecule has 0 bridgehead atoms. The number of rotatable bonds is 8. The molecule has 0 radical (unpaired) electrons. The van der Waals surface area contributed by atoms with Gasteiger partial charge in [-0.3, -0.25) is 15.0 Å². The first-order valence-electron chi connectivity index (χ1n) is 11.4. The molecule has 8 heteroatoms. The molecule has 2 aromatic rings. The highest BCUT2D eigenvalue weighted by atomic mass is 16.7. The number of anilines is 1. The van der Waals surface area contributed by atoms with Crippen LogP contribution < -0.4 is 19.9 Å². The standard InChI is InChI=1S/C26H30N2O6/c1-5-13-31-22-12-11-18(23(17(22)2)32-15-20-16-33-26(3,4)34-20)14-21-24(29)27-28(25(21)30)19-9-7-6-8-10-19/h6-12,14,20H,5,13,15-16H2,1-4H3,(H,27,29)/t20-/m0/s1. The van der Waals surface area contributed by atoms with Gasteiger partial charge in [0.1, 0.15) is 29.8 Å². The van der Waals surface area contributed by atoms with Crippen LogP contribution in [0.15, 0.2) is 48.0 Å². The number of nitrogens with zero attached hydrogens (tertiary/aromatic N) is 1. The molecule has 0 saturated carbocycles. The van der Waals surface area contributed by atoms with Gasteiger partial charge in [0.25, 0.3) is 11.8 Å². The number of ether oxygens (including phenoxy) is 4. The van der Waals surface area contributed by atoms with Crippen molar-refractivity contribution in [3.05, 3.63) is 59.2 Å². The number of benzene rings is 2. The van der Waals surface area contributed by atoms with Gasteiger partial charge in [0, 0.05) is 11.1 Å². The summed E-state index contributed by atoms with van der Waals surface area (Å²) in [6.45, 7) is 8.89. The minimum absolute atomic E-state index is 0.0249. The summed E-state index contributed by atoms with van der Waals surface area (Å²) in [6, 6.07) is 12.6. The summed E-state index contributed by atoms with van der Waals surface area (Å²) in [6.07, 6.45) is 2.19. The average Bonchev–Trinajstić information content (AvgIpc) is 3.31. The van der Waals surface area contributed by atoms with Gasteiger partial charge in [0.2, 0.25) is 0 Å². The Balaban J connectivity index is 1.63. The van der Waals surface area contributed by atoms with Crippen molar-refractivity contribution >= 4 is 23.6 Å². The van der Waals surface area contributed by atoms with E-state index in [2.05, 4.69) is 5.43 Å².